The Bertz CT molecular complexity index is 724. The number of methoxy groups -OCH3 is 1. The largest absolute Gasteiger partial charge is 0.497 e. The summed E-state index contributed by atoms with van der Waals surface area (Å²) in [5, 5.41) is 0.821. The van der Waals surface area contributed by atoms with E-state index in [1.807, 2.05) is 42.5 Å². The van der Waals surface area contributed by atoms with Gasteiger partial charge in [-0.15, -0.1) is 0 Å². The summed E-state index contributed by atoms with van der Waals surface area (Å²) in [4.78, 5) is 8.79. The van der Waals surface area contributed by atoms with E-state index in [0.29, 0.717) is 0 Å². The molecule has 3 rings (SSSR count). The average molecular weight is 271 g/mol. The summed E-state index contributed by atoms with van der Waals surface area (Å²) in [5.74, 6) is 0.801. The highest BCUT2D eigenvalue weighted by atomic mass is 32.2. The highest BCUT2D eigenvalue weighted by Crippen LogP contribution is 2.31. The van der Waals surface area contributed by atoms with Gasteiger partial charge in [0.15, 0.2) is 5.16 Å². The second-order valence-electron chi connectivity index (χ2n) is 4.06. The quantitative estimate of drug-likeness (QED) is 0.717. The minimum absolute atomic E-state index is 0.755. The van der Waals surface area contributed by atoms with Gasteiger partial charge in [0, 0.05) is 16.6 Å². The lowest BCUT2D eigenvalue weighted by atomic mass is 10.3. The molecule has 0 aliphatic carbocycles. The van der Waals surface area contributed by atoms with Crippen molar-refractivity contribution in [1.82, 2.24) is 9.97 Å². The maximum Gasteiger partial charge on any atom is 0.171 e. The van der Waals surface area contributed by atoms with Gasteiger partial charge in [-0.2, -0.15) is 0 Å². The van der Waals surface area contributed by atoms with Crippen molar-refractivity contribution in [2.24, 2.45) is 0 Å². The minimum atomic E-state index is 0.755. The Morgan fingerprint density at radius 2 is 2.05 bits per heavy atom. The second-order valence-corrected chi connectivity index (χ2v) is 5.10. The first-order valence-corrected chi connectivity index (χ1v) is 6.64. The maximum atomic E-state index is 5.93. The van der Waals surface area contributed by atoms with E-state index < -0.39 is 0 Å². The first-order chi connectivity index (χ1) is 9.26. The van der Waals surface area contributed by atoms with Crippen LogP contribution < -0.4 is 10.5 Å². The molecule has 19 heavy (non-hydrogen) atoms. The molecule has 2 aromatic carbocycles. The molecular weight excluding hydrogens is 258 g/mol. The molecule has 1 aromatic heterocycles. The standard InChI is InChI=1S/C14H13N3OS/c1-18-9-6-7-11-12(8-9)17-14(16-11)19-13-5-3-2-4-10(13)15/h2-8H,15H2,1H3,(H,16,17). The van der Waals surface area contributed by atoms with Crippen LogP contribution in [-0.4, -0.2) is 17.1 Å². The van der Waals surface area contributed by atoms with E-state index in [1.54, 1.807) is 7.11 Å². The third kappa shape index (κ3) is 2.37. The molecule has 0 amide bonds. The molecule has 0 saturated carbocycles. The number of benzene rings is 2. The number of nitrogens with one attached hydrogen (secondary N) is 1. The van der Waals surface area contributed by atoms with Crippen LogP contribution in [0.3, 0.4) is 0 Å². The smallest absolute Gasteiger partial charge is 0.171 e. The zero-order valence-corrected chi connectivity index (χ0v) is 11.2. The number of hydrogen-bond acceptors (Lipinski definition) is 4. The van der Waals surface area contributed by atoms with Crippen molar-refractivity contribution in [3.05, 3.63) is 42.5 Å². The highest BCUT2D eigenvalue weighted by molar-refractivity contribution is 7.99. The number of aromatic nitrogens is 2. The molecule has 0 fully saturated rings. The van der Waals surface area contributed by atoms with E-state index in [4.69, 9.17) is 10.5 Å². The summed E-state index contributed by atoms with van der Waals surface area (Å²) in [7, 11) is 1.65. The number of fused-ring (bicyclic) bond motifs is 1. The molecule has 0 unspecified atom stereocenters. The van der Waals surface area contributed by atoms with Gasteiger partial charge in [0.2, 0.25) is 0 Å². The van der Waals surface area contributed by atoms with Gasteiger partial charge in [-0.3, -0.25) is 0 Å². The fourth-order valence-electron chi connectivity index (χ4n) is 1.82. The second kappa shape index (κ2) is 4.85. The number of nitrogen functional groups attached to an aromatic ring is 1. The number of nitrogens with zero attached hydrogens (tertiary/aromatic N) is 1. The van der Waals surface area contributed by atoms with Crippen LogP contribution in [0.2, 0.25) is 0 Å². The molecule has 0 atom stereocenters. The molecular formula is C14H13N3OS. The molecule has 3 N–H and O–H groups in total. The molecule has 0 radical (unpaired) electrons. The fourth-order valence-corrected chi connectivity index (χ4v) is 2.66. The maximum absolute atomic E-state index is 5.93. The summed E-state index contributed by atoms with van der Waals surface area (Å²) in [5.41, 5.74) is 8.55. The fraction of sp³-hybridized carbons (Fsp3) is 0.0714. The zero-order valence-electron chi connectivity index (χ0n) is 10.4. The van der Waals surface area contributed by atoms with E-state index in [9.17, 15) is 0 Å². The number of aromatic amines is 1. The van der Waals surface area contributed by atoms with Gasteiger partial charge in [-0.25, -0.2) is 4.98 Å². The van der Waals surface area contributed by atoms with Crippen molar-refractivity contribution in [2.45, 2.75) is 10.1 Å². The number of anilines is 1. The van der Waals surface area contributed by atoms with E-state index in [1.165, 1.54) is 11.8 Å². The van der Waals surface area contributed by atoms with Gasteiger partial charge < -0.3 is 15.5 Å². The van der Waals surface area contributed by atoms with E-state index in [0.717, 1.165) is 32.5 Å². The molecule has 3 aromatic rings. The number of ether oxygens (including phenoxy) is 1. The van der Waals surface area contributed by atoms with Crippen LogP contribution in [0.1, 0.15) is 0 Å². The number of para-hydroxylation sites is 1. The molecule has 0 saturated heterocycles. The van der Waals surface area contributed by atoms with Gasteiger partial charge in [0.25, 0.3) is 0 Å². The van der Waals surface area contributed by atoms with Crippen LogP contribution in [0.4, 0.5) is 5.69 Å². The summed E-state index contributed by atoms with van der Waals surface area (Å²) in [6, 6.07) is 13.5. The van der Waals surface area contributed by atoms with Crippen LogP contribution in [-0.2, 0) is 0 Å². The van der Waals surface area contributed by atoms with Crippen LogP contribution >= 0.6 is 11.8 Å². The average Bonchev–Trinajstić information content (AvgIpc) is 2.82. The van der Waals surface area contributed by atoms with Crippen LogP contribution in [0.25, 0.3) is 11.0 Å². The van der Waals surface area contributed by atoms with Gasteiger partial charge in [-0.1, -0.05) is 12.1 Å². The number of hydrogen-bond donors (Lipinski definition) is 2. The van der Waals surface area contributed by atoms with Crippen LogP contribution in [0.15, 0.2) is 52.5 Å². The van der Waals surface area contributed by atoms with Gasteiger partial charge >= 0.3 is 0 Å². The van der Waals surface area contributed by atoms with E-state index in [-0.39, 0.29) is 0 Å². The van der Waals surface area contributed by atoms with Gasteiger partial charge in [0.05, 0.1) is 18.1 Å². The Labute approximate surface area is 115 Å². The Morgan fingerprint density at radius 1 is 1.21 bits per heavy atom. The summed E-state index contributed by atoms with van der Waals surface area (Å²) >= 11 is 1.52. The van der Waals surface area contributed by atoms with Crippen molar-refractivity contribution >= 4 is 28.5 Å². The Morgan fingerprint density at radius 3 is 2.84 bits per heavy atom. The zero-order chi connectivity index (χ0) is 13.2. The molecule has 0 aliphatic rings. The minimum Gasteiger partial charge on any atom is -0.497 e. The first-order valence-electron chi connectivity index (χ1n) is 5.82. The monoisotopic (exact) mass is 271 g/mol. The van der Waals surface area contributed by atoms with E-state index in [2.05, 4.69) is 9.97 Å². The Kier molecular flexibility index (Phi) is 3.05. The summed E-state index contributed by atoms with van der Waals surface area (Å²) in [6.45, 7) is 0. The first kappa shape index (κ1) is 11.9. The molecule has 0 spiro atoms. The van der Waals surface area contributed by atoms with Crippen LogP contribution in [0.5, 0.6) is 5.75 Å². The summed E-state index contributed by atoms with van der Waals surface area (Å²) < 4.78 is 5.19. The number of nitrogens with two attached hydrogens (primary N) is 1. The highest BCUT2D eigenvalue weighted by Gasteiger charge is 2.07. The molecule has 5 heteroatoms. The number of imidazole rings is 1. The molecule has 0 aliphatic heterocycles. The van der Waals surface area contributed by atoms with Crippen molar-refractivity contribution in [3.8, 4) is 5.75 Å². The lowest BCUT2D eigenvalue weighted by molar-refractivity contribution is 0.415. The normalized spacial score (nSPS) is 10.8. The van der Waals surface area contributed by atoms with Crippen molar-refractivity contribution in [2.75, 3.05) is 12.8 Å². The van der Waals surface area contributed by atoms with Crippen molar-refractivity contribution in [1.29, 1.82) is 0 Å². The van der Waals surface area contributed by atoms with Crippen LogP contribution in [0, 0.1) is 0 Å². The predicted molar refractivity (Wildman–Crippen MR) is 77.6 cm³/mol. The van der Waals surface area contributed by atoms with Crippen molar-refractivity contribution < 1.29 is 4.74 Å². The van der Waals surface area contributed by atoms with Gasteiger partial charge in [-0.05, 0) is 36.0 Å². The third-order valence-corrected chi connectivity index (χ3v) is 3.77. The number of rotatable bonds is 3. The Balaban J connectivity index is 1.95. The topological polar surface area (TPSA) is 63.9 Å². The molecule has 4 nitrogen and oxygen atoms in total. The lowest BCUT2D eigenvalue weighted by Crippen LogP contribution is -1.87. The number of H-pyrrole nitrogens is 1. The molecule has 96 valence electrons. The van der Waals surface area contributed by atoms with Gasteiger partial charge in [0.1, 0.15) is 5.75 Å². The third-order valence-electron chi connectivity index (χ3n) is 2.79. The molecule has 1 heterocycles. The Hall–Kier alpha value is -2.14. The molecule has 0 bridgehead atoms. The SMILES string of the molecule is COc1ccc2[nH]c(Sc3ccccc3N)nc2c1. The summed E-state index contributed by atoms with van der Waals surface area (Å²) in [6.07, 6.45) is 0. The lowest BCUT2D eigenvalue weighted by Gasteiger charge is -2.01. The van der Waals surface area contributed by atoms with Crippen molar-refractivity contribution in [3.63, 3.8) is 0 Å². The van der Waals surface area contributed by atoms with E-state index >= 15 is 0 Å². The predicted octanol–water partition coefficient (Wildman–Crippen LogP) is 3.30.